The van der Waals surface area contributed by atoms with Gasteiger partial charge in [0.1, 0.15) is 11.3 Å². The van der Waals surface area contributed by atoms with E-state index in [0.717, 1.165) is 43.6 Å². The number of thiophene rings is 1. The summed E-state index contributed by atoms with van der Waals surface area (Å²) < 4.78 is 0. The van der Waals surface area contributed by atoms with Gasteiger partial charge in [-0.15, -0.1) is 11.3 Å². The number of nitrogens with zero attached hydrogens (tertiary/aromatic N) is 2. The number of nitrogens with one attached hydrogen (secondary N) is 3. The molecule has 5 heterocycles. The van der Waals surface area contributed by atoms with E-state index in [1.165, 1.54) is 11.3 Å². The quantitative estimate of drug-likeness (QED) is 0.242. The molecule has 1 saturated carbocycles. The monoisotopic (exact) mass is 559 g/mol. The van der Waals surface area contributed by atoms with E-state index in [9.17, 15) is 14.4 Å². The lowest BCUT2D eigenvalue weighted by Gasteiger charge is -2.29. The fourth-order valence-corrected chi connectivity index (χ4v) is 8.08. The maximum atomic E-state index is 13.5. The Hall–Kier alpha value is -4.76. The predicted octanol–water partition coefficient (Wildman–Crippen LogP) is 5.81. The first-order valence-electron chi connectivity index (χ1n) is 13.6. The number of carbonyl (C=O) groups is 3. The molecule has 8 nitrogen and oxygen atoms in total. The van der Waals surface area contributed by atoms with Crippen LogP contribution in [0.25, 0.3) is 28.0 Å². The summed E-state index contributed by atoms with van der Waals surface area (Å²) in [5.41, 5.74) is 6.21. The second kappa shape index (κ2) is 8.37. The van der Waals surface area contributed by atoms with Crippen molar-refractivity contribution >= 4 is 62.6 Å². The van der Waals surface area contributed by atoms with Gasteiger partial charge >= 0.3 is 0 Å². The van der Waals surface area contributed by atoms with Crippen LogP contribution in [-0.4, -0.2) is 44.0 Å². The van der Waals surface area contributed by atoms with Crippen molar-refractivity contribution in [1.29, 1.82) is 0 Å². The van der Waals surface area contributed by atoms with Gasteiger partial charge in [-0.05, 0) is 59.5 Å². The molecule has 3 atom stereocenters. The highest BCUT2D eigenvalue weighted by atomic mass is 32.1. The zero-order valence-corrected chi connectivity index (χ0v) is 23.1. The predicted molar refractivity (Wildman–Crippen MR) is 159 cm³/mol. The zero-order chi connectivity index (χ0) is 28.0. The Morgan fingerprint density at radius 2 is 2.10 bits per heavy atom. The lowest BCUT2D eigenvalue weighted by molar-refractivity contribution is -0.124. The first kappa shape index (κ1) is 24.1. The molecule has 3 aliphatic rings. The average Bonchev–Trinajstić information content (AvgIpc) is 3.55. The number of aryl methyl sites for hydroxylation is 1. The highest BCUT2D eigenvalue weighted by Gasteiger charge is 2.73. The van der Waals surface area contributed by atoms with Gasteiger partial charge in [0, 0.05) is 57.9 Å². The molecule has 41 heavy (non-hydrogen) atoms. The van der Waals surface area contributed by atoms with Crippen LogP contribution in [0.1, 0.15) is 43.8 Å². The molecule has 2 aliphatic carbocycles. The highest BCUT2D eigenvalue weighted by molar-refractivity contribution is 7.12. The van der Waals surface area contributed by atoms with Crippen molar-refractivity contribution in [3.8, 4) is 0 Å². The number of H-pyrrole nitrogens is 2. The Morgan fingerprint density at radius 3 is 2.95 bits per heavy atom. The zero-order valence-electron chi connectivity index (χ0n) is 22.3. The number of anilines is 1. The number of rotatable bonds is 4. The van der Waals surface area contributed by atoms with E-state index < -0.39 is 0 Å². The third-order valence-corrected chi connectivity index (χ3v) is 10.2. The maximum Gasteiger partial charge on any atom is 0.272 e. The molecule has 0 radical (unpaired) electrons. The van der Waals surface area contributed by atoms with Gasteiger partial charge in [0.15, 0.2) is 5.78 Å². The van der Waals surface area contributed by atoms with Crippen molar-refractivity contribution in [1.82, 2.24) is 19.9 Å². The van der Waals surface area contributed by atoms with E-state index in [1.807, 2.05) is 36.4 Å². The van der Waals surface area contributed by atoms with Crippen LogP contribution in [0.2, 0.25) is 0 Å². The Bertz CT molecular complexity index is 1990. The number of carbonyl (C=O) groups excluding carboxylic acids is 3. The van der Waals surface area contributed by atoms with Crippen LogP contribution >= 0.6 is 11.3 Å². The number of allylic oxidation sites excluding steroid dienone is 2. The molecular weight excluding hydrogens is 534 g/mol. The smallest absolute Gasteiger partial charge is 0.272 e. The topological polar surface area (TPSA) is 111 Å². The lowest BCUT2D eigenvalue weighted by Crippen LogP contribution is -2.34. The second-order valence-corrected chi connectivity index (χ2v) is 12.0. The van der Waals surface area contributed by atoms with E-state index in [1.54, 1.807) is 35.5 Å². The van der Waals surface area contributed by atoms with Crippen molar-refractivity contribution in [2.24, 2.45) is 11.8 Å². The Labute approximate surface area is 238 Å². The van der Waals surface area contributed by atoms with Gasteiger partial charge < -0.3 is 20.2 Å². The normalized spacial score (nSPS) is 22.6. The molecule has 5 aromatic rings. The number of benzene rings is 1. The van der Waals surface area contributed by atoms with Crippen molar-refractivity contribution in [2.75, 3.05) is 11.9 Å². The number of aromatic nitrogens is 3. The summed E-state index contributed by atoms with van der Waals surface area (Å²) in [6.45, 7) is 4.90. The molecular formula is C32H25N5O3S. The minimum absolute atomic E-state index is 0.00928. The number of likely N-dealkylation sites (tertiary alicyclic amines) is 1. The van der Waals surface area contributed by atoms with Crippen molar-refractivity contribution < 1.29 is 14.4 Å². The minimum Gasteiger partial charge on any atom is -0.351 e. The van der Waals surface area contributed by atoms with Gasteiger partial charge in [0.05, 0.1) is 16.8 Å². The van der Waals surface area contributed by atoms with Crippen LogP contribution in [0, 0.1) is 18.8 Å². The van der Waals surface area contributed by atoms with Crippen LogP contribution < -0.4 is 5.32 Å². The summed E-state index contributed by atoms with van der Waals surface area (Å²) in [5, 5.41) is 6.71. The van der Waals surface area contributed by atoms with Crippen LogP contribution in [0.4, 0.5) is 5.69 Å². The molecule has 8 rings (SSSR count). The van der Waals surface area contributed by atoms with Gasteiger partial charge in [-0.3, -0.25) is 14.4 Å². The molecule has 0 bridgehead atoms. The first-order valence-corrected chi connectivity index (χ1v) is 14.4. The van der Waals surface area contributed by atoms with Gasteiger partial charge in [-0.2, -0.15) is 0 Å². The molecule has 1 saturated heterocycles. The van der Waals surface area contributed by atoms with Crippen molar-refractivity contribution in [3.05, 3.63) is 99.3 Å². The van der Waals surface area contributed by atoms with Gasteiger partial charge in [0.25, 0.3) is 11.8 Å². The molecule has 1 spiro atoms. The molecule has 3 N–H and O–H groups in total. The SMILES string of the molecule is Cc1csc2c1[C@@]13C(=CC2=O)N(C(=O)/C=C/c2c[nH]c4ncc(NC(=O)c5cc6ccccc6[nH]5)cc24)CC1[C@@H]3C. The third-order valence-electron chi connectivity index (χ3n) is 9.04. The Kier molecular flexibility index (Phi) is 4.92. The first-order chi connectivity index (χ1) is 19.9. The van der Waals surface area contributed by atoms with Crippen molar-refractivity contribution in [2.45, 2.75) is 19.3 Å². The fraction of sp³-hybridized carbons (Fsp3) is 0.188. The molecule has 202 valence electrons. The largest absolute Gasteiger partial charge is 0.351 e. The maximum absolute atomic E-state index is 13.5. The molecule has 1 aromatic carbocycles. The number of hydrogen-bond donors (Lipinski definition) is 3. The van der Waals surface area contributed by atoms with Gasteiger partial charge in [0.2, 0.25) is 0 Å². The molecule has 1 aliphatic heterocycles. The van der Waals surface area contributed by atoms with Crippen LogP contribution in [0.15, 0.2) is 72.0 Å². The number of para-hydroxylation sites is 1. The number of piperidine rings is 1. The number of ketones is 1. The third kappa shape index (κ3) is 3.32. The second-order valence-electron chi connectivity index (χ2n) is 11.2. The minimum atomic E-state index is -0.264. The van der Waals surface area contributed by atoms with Gasteiger partial charge in [-0.25, -0.2) is 4.98 Å². The fourth-order valence-electron chi connectivity index (χ4n) is 7.05. The van der Waals surface area contributed by atoms with Gasteiger partial charge in [-0.1, -0.05) is 25.1 Å². The van der Waals surface area contributed by atoms with Crippen LogP contribution in [-0.2, 0) is 10.2 Å². The van der Waals surface area contributed by atoms with E-state index in [-0.39, 0.29) is 23.0 Å². The number of pyridine rings is 1. The molecule has 2 amide bonds. The van der Waals surface area contributed by atoms with E-state index >= 15 is 0 Å². The Morgan fingerprint density at radius 1 is 1.24 bits per heavy atom. The molecule has 2 fully saturated rings. The molecule has 1 unspecified atom stereocenters. The van der Waals surface area contributed by atoms with E-state index in [0.29, 0.717) is 35.4 Å². The van der Waals surface area contributed by atoms with Crippen LogP contribution in [0.5, 0.6) is 0 Å². The summed E-state index contributed by atoms with van der Waals surface area (Å²) in [6.07, 6.45) is 8.40. The summed E-state index contributed by atoms with van der Waals surface area (Å²) in [5.74, 6) is 0.307. The van der Waals surface area contributed by atoms with Crippen molar-refractivity contribution in [3.63, 3.8) is 0 Å². The summed E-state index contributed by atoms with van der Waals surface area (Å²) in [7, 11) is 0. The number of hydrogen-bond acceptors (Lipinski definition) is 5. The highest BCUT2D eigenvalue weighted by Crippen LogP contribution is 2.71. The Balaban J connectivity index is 1.05. The summed E-state index contributed by atoms with van der Waals surface area (Å²) in [6, 6.07) is 11.4. The average molecular weight is 560 g/mol. The molecule has 9 heteroatoms. The molecule has 4 aromatic heterocycles. The van der Waals surface area contributed by atoms with Crippen LogP contribution in [0.3, 0.4) is 0 Å². The number of aromatic amines is 2. The lowest BCUT2D eigenvalue weighted by atomic mass is 9.82. The van der Waals surface area contributed by atoms with E-state index in [4.69, 9.17) is 0 Å². The number of amides is 2. The number of fused-ring (bicyclic) bond motifs is 3. The summed E-state index contributed by atoms with van der Waals surface area (Å²) in [4.78, 5) is 52.7. The van der Waals surface area contributed by atoms with E-state index in [2.05, 4.69) is 39.5 Å². The summed E-state index contributed by atoms with van der Waals surface area (Å²) >= 11 is 1.51. The standard InChI is InChI=1S/C32H25N5O3S/c1-16-15-41-29-25(38)11-26-32(28(16)29)17(2)22(32)14-37(26)27(39)8-7-19-12-33-30-21(19)10-20(13-34-30)35-31(40)24-9-18-5-3-4-6-23(18)36-24/h3-13,15,17,22,36H,14H2,1-2H3,(H,33,34)(H,35,40)/b8-7+/t17-,22?,32+/m0/s1.